The molecule has 0 aliphatic carbocycles. The van der Waals surface area contributed by atoms with Crippen LogP contribution in [0.2, 0.25) is 0 Å². The van der Waals surface area contributed by atoms with Crippen molar-refractivity contribution < 1.29 is 9.47 Å². The van der Waals surface area contributed by atoms with Gasteiger partial charge in [-0.05, 0) is 17.7 Å². The van der Waals surface area contributed by atoms with E-state index in [1.807, 2.05) is 18.2 Å². The Morgan fingerprint density at radius 1 is 1.28 bits per heavy atom. The molecule has 0 unspecified atom stereocenters. The third-order valence-electron chi connectivity index (χ3n) is 2.60. The molecule has 0 spiro atoms. The summed E-state index contributed by atoms with van der Waals surface area (Å²) in [5.41, 5.74) is 1.11. The number of rotatable bonds is 3. The Hall–Kier alpha value is -2.08. The monoisotopic (exact) mass is 261 g/mol. The van der Waals surface area contributed by atoms with Gasteiger partial charge in [-0.15, -0.1) is 0 Å². The van der Waals surface area contributed by atoms with Crippen molar-refractivity contribution >= 4 is 18.0 Å². The summed E-state index contributed by atoms with van der Waals surface area (Å²) in [6.07, 6.45) is 1.57. The number of hydrogen-bond acceptors (Lipinski definition) is 5. The Kier molecular flexibility index (Phi) is 2.85. The van der Waals surface area contributed by atoms with Crippen molar-refractivity contribution in [3.05, 3.63) is 40.8 Å². The average Bonchev–Trinajstić information content (AvgIpc) is 2.84. The lowest BCUT2D eigenvalue weighted by molar-refractivity contribution is 0.174. The van der Waals surface area contributed by atoms with Gasteiger partial charge in [-0.1, -0.05) is 18.3 Å². The van der Waals surface area contributed by atoms with Gasteiger partial charge in [0.05, 0.1) is 6.33 Å². The van der Waals surface area contributed by atoms with Crippen molar-refractivity contribution in [2.24, 2.45) is 0 Å². The molecular formula is C12H11N3O2S. The van der Waals surface area contributed by atoms with Crippen LogP contribution in [0.4, 0.5) is 5.82 Å². The first-order valence-electron chi connectivity index (χ1n) is 5.48. The minimum absolute atomic E-state index is 0.295. The Labute approximate surface area is 109 Å². The summed E-state index contributed by atoms with van der Waals surface area (Å²) in [6, 6.07) is 7.65. The van der Waals surface area contributed by atoms with E-state index in [-0.39, 0.29) is 0 Å². The van der Waals surface area contributed by atoms with E-state index in [9.17, 15) is 0 Å². The summed E-state index contributed by atoms with van der Waals surface area (Å²) < 4.78 is 11.1. The second-order valence-electron chi connectivity index (χ2n) is 3.84. The van der Waals surface area contributed by atoms with E-state index in [0.29, 0.717) is 18.0 Å². The molecule has 2 N–H and O–H groups in total. The smallest absolute Gasteiger partial charge is 0.231 e. The van der Waals surface area contributed by atoms with E-state index in [1.54, 1.807) is 12.4 Å². The first-order valence-corrected chi connectivity index (χ1v) is 5.89. The molecule has 2 heterocycles. The Morgan fingerprint density at radius 2 is 2.17 bits per heavy atom. The number of nitrogens with one attached hydrogen (secondary N) is 2. The Balaban J connectivity index is 1.72. The predicted octanol–water partition coefficient (Wildman–Crippen LogP) is 2.48. The number of nitrogens with zero attached hydrogens (tertiary/aromatic N) is 1. The van der Waals surface area contributed by atoms with E-state index in [1.165, 1.54) is 0 Å². The van der Waals surface area contributed by atoms with Crippen molar-refractivity contribution in [2.75, 3.05) is 12.1 Å². The van der Waals surface area contributed by atoms with Crippen molar-refractivity contribution in [3.63, 3.8) is 0 Å². The molecule has 0 fully saturated rings. The van der Waals surface area contributed by atoms with Gasteiger partial charge in [0.1, 0.15) is 10.5 Å². The molecular weight excluding hydrogens is 250 g/mol. The summed E-state index contributed by atoms with van der Waals surface area (Å²) in [6.45, 7) is 0.968. The lowest BCUT2D eigenvalue weighted by Crippen LogP contribution is -2.01. The zero-order valence-electron chi connectivity index (χ0n) is 9.47. The largest absolute Gasteiger partial charge is 0.454 e. The van der Waals surface area contributed by atoms with Crippen LogP contribution in [-0.2, 0) is 6.54 Å². The van der Waals surface area contributed by atoms with Gasteiger partial charge in [0, 0.05) is 12.6 Å². The molecule has 6 heteroatoms. The maximum Gasteiger partial charge on any atom is 0.231 e. The number of hydrogen-bond donors (Lipinski definition) is 2. The Bertz CT molecular complexity index is 627. The highest BCUT2D eigenvalue weighted by Gasteiger charge is 2.12. The molecule has 18 heavy (non-hydrogen) atoms. The van der Waals surface area contributed by atoms with Crippen molar-refractivity contribution in [3.8, 4) is 11.5 Å². The quantitative estimate of drug-likeness (QED) is 0.831. The maximum absolute atomic E-state index is 5.33. The van der Waals surface area contributed by atoms with Crippen LogP contribution in [0.15, 0.2) is 30.6 Å². The number of aromatic amines is 1. The van der Waals surface area contributed by atoms with Gasteiger partial charge < -0.3 is 19.8 Å². The normalized spacial score (nSPS) is 12.4. The van der Waals surface area contributed by atoms with E-state index >= 15 is 0 Å². The highest BCUT2D eigenvalue weighted by molar-refractivity contribution is 7.71. The van der Waals surface area contributed by atoms with Crippen LogP contribution in [0.5, 0.6) is 11.5 Å². The highest BCUT2D eigenvalue weighted by atomic mass is 32.1. The highest BCUT2D eigenvalue weighted by Crippen LogP contribution is 2.32. The number of benzene rings is 1. The molecule has 0 atom stereocenters. The average molecular weight is 261 g/mol. The minimum Gasteiger partial charge on any atom is -0.454 e. The van der Waals surface area contributed by atoms with Gasteiger partial charge in [0.2, 0.25) is 6.79 Å². The molecule has 0 saturated carbocycles. The summed E-state index contributed by atoms with van der Waals surface area (Å²) in [4.78, 5) is 6.91. The summed E-state index contributed by atoms with van der Waals surface area (Å²) >= 11 is 4.99. The predicted molar refractivity (Wildman–Crippen MR) is 69.3 cm³/mol. The molecule has 92 valence electrons. The third kappa shape index (κ3) is 2.28. The lowest BCUT2D eigenvalue weighted by Gasteiger charge is -2.06. The van der Waals surface area contributed by atoms with Crippen LogP contribution in [0.3, 0.4) is 0 Å². The molecule has 5 nitrogen and oxygen atoms in total. The van der Waals surface area contributed by atoms with Gasteiger partial charge in [0.15, 0.2) is 11.5 Å². The van der Waals surface area contributed by atoms with Crippen LogP contribution in [0.25, 0.3) is 0 Å². The van der Waals surface area contributed by atoms with E-state index in [4.69, 9.17) is 21.7 Å². The minimum atomic E-state index is 0.295. The maximum atomic E-state index is 5.33. The summed E-state index contributed by atoms with van der Waals surface area (Å²) in [7, 11) is 0. The summed E-state index contributed by atoms with van der Waals surface area (Å²) in [5.74, 6) is 2.42. The lowest BCUT2D eigenvalue weighted by atomic mass is 10.2. The van der Waals surface area contributed by atoms with Gasteiger partial charge in [-0.3, -0.25) is 0 Å². The summed E-state index contributed by atoms with van der Waals surface area (Å²) in [5, 5.41) is 3.23. The van der Waals surface area contributed by atoms with Crippen molar-refractivity contribution in [1.82, 2.24) is 9.97 Å². The standard InChI is InChI=1S/C12H11N3O2S/c18-12-4-11(14-6-15-12)13-5-8-1-2-9-10(3-8)17-7-16-9/h1-4,6H,5,7H2,(H2,13,14,15,18). The topological polar surface area (TPSA) is 59.2 Å². The number of H-pyrrole nitrogens is 1. The van der Waals surface area contributed by atoms with Crippen LogP contribution >= 0.6 is 12.2 Å². The van der Waals surface area contributed by atoms with Gasteiger partial charge >= 0.3 is 0 Å². The van der Waals surface area contributed by atoms with E-state index in [2.05, 4.69) is 15.3 Å². The number of anilines is 1. The first kappa shape index (κ1) is 11.0. The second-order valence-corrected chi connectivity index (χ2v) is 4.26. The fourth-order valence-electron chi connectivity index (χ4n) is 1.72. The zero-order chi connectivity index (χ0) is 12.4. The number of ether oxygens (including phenoxy) is 2. The van der Waals surface area contributed by atoms with Gasteiger partial charge in [0.25, 0.3) is 0 Å². The molecule has 1 aromatic carbocycles. The van der Waals surface area contributed by atoms with Crippen LogP contribution in [-0.4, -0.2) is 16.8 Å². The van der Waals surface area contributed by atoms with Gasteiger partial charge in [-0.25, -0.2) is 4.98 Å². The molecule has 0 bridgehead atoms. The Morgan fingerprint density at radius 3 is 3.06 bits per heavy atom. The number of fused-ring (bicyclic) bond motifs is 1. The third-order valence-corrected chi connectivity index (χ3v) is 2.82. The fraction of sp³-hybridized carbons (Fsp3) is 0.167. The molecule has 1 aliphatic heterocycles. The van der Waals surface area contributed by atoms with Crippen LogP contribution in [0, 0.1) is 4.64 Å². The molecule has 1 aliphatic rings. The SMILES string of the molecule is S=c1cc(NCc2ccc3c(c2)OCO3)[nH]cn1. The number of aromatic nitrogens is 2. The van der Waals surface area contributed by atoms with E-state index in [0.717, 1.165) is 22.9 Å². The van der Waals surface area contributed by atoms with Gasteiger partial charge in [-0.2, -0.15) is 0 Å². The molecule has 1 aromatic heterocycles. The molecule has 0 amide bonds. The second kappa shape index (κ2) is 4.66. The first-order chi connectivity index (χ1) is 8.81. The molecule has 3 rings (SSSR count). The van der Waals surface area contributed by atoms with Crippen LogP contribution < -0.4 is 14.8 Å². The van der Waals surface area contributed by atoms with Crippen molar-refractivity contribution in [2.45, 2.75) is 6.54 Å². The molecule has 2 aromatic rings. The molecule has 0 radical (unpaired) electrons. The van der Waals surface area contributed by atoms with Crippen molar-refractivity contribution in [1.29, 1.82) is 0 Å². The molecule has 0 saturated heterocycles. The van der Waals surface area contributed by atoms with Crippen LogP contribution in [0.1, 0.15) is 5.56 Å². The zero-order valence-corrected chi connectivity index (χ0v) is 10.3. The fourth-order valence-corrected chi connectivity index (χ4v) is 1.89. The van der Waals surface area contributed by atoms with E-state index < -0.39 is 0 Å².